The number of amides is 2. The highest BCUT2D eigenvalue weighted by Crippen LogP contribution is 2.16. The lowest BCUT2D eigenvalue weighted by Crippen LogP contribution is -2.60. The summed E-state index contributed by atoms with van der Waals surface area (Å²) in [5.74, 6) is 0.422. The summed E-state index contributed by atoms with van der Waals surface area (Å²) in [4.78, 5) is 29.1. The van der Waals surface area contributed by atoms with E-state index in [0.29, 0.717) is 24.5 Å². The molecule has 2 heterocycles. The molecule has 22 heavy (non-hydrogen) atoms. The third kappa shape index (κ3) is 2.76. The van der Waals surface area contributed by atoms with Crippen molar-refractivity contribution in [2.75, 3.05) is 20.2 Å². The fourth-order valence-electron chi connectivity index (χ4n) is 2.27. The Bertz CT molecular complexity index is 680. The van der Waals surface area contributed by atoms with E-state index in [4.69, 9.17) is 0 Å². The van der Waals surface area contributed by atoms with E-state index in [1.165, 1.54) is 18.3 Å². The molecule has 0 spiro atoms. The zero-order chi connectivity index (χ0) is 15.5. The monoisotopic (exact) mass is 301 g/mol. The van der Waals surface area contributed by atoms with E-state index < -0.39 is 0 Å². The van der Waals surface area contributed by atoms with E-state index in [1.807, 2.05) is 6.07 Å². The Kier molecular flexibility index (Phi) is 3.73. The Morgan fingerprint density at radius 2 is 2.23 bits per heavy atom. The maximum atomic E-state index is 12.2. The lowest BCUT2D eigenvalue weighted by molar-refractivity contribution is 0.0697. The van der Waals surface area contributed by atoms with Crippen molar-refractivity contribution < 1.29 is 14.3 Å². The van der Waals surface area contributed by atoms with Crippen LogP contribution < -0.4 is 5.32 Å². The average molecular weight is 301 g/mol. The fraction of sp³-hybridized carbons (Fsp3) is 0.286. The second-order valence-electron chi connectivity index (χ2n) is 4.96. The van der Waals surface area contributed by atoms with Gasteiger partial charge in [0.05, 0.1) is 13.2 Å². The van der Waals surface area contributed by atoms with Gasteiger partial charge in [-0.05, 0) is 12.1 Å². The number of nitrogens with one attached hydrogen (secondary N) is 2. The molecular weight excluding hydrogens is 286 g/mol. The molecule has 0 atom stereocenters. The SMILES string of the molecule is COC(=O)N1CC(NC(=O)c2cccc(-c3ncn[nH]3)c2)C1. The molecule has 0 aliphatic carbocycles. The van der Waals surface area contributed by atoms with Gasteiger partial charge >= 0.3 is 6.09 Å². The first kappa shape index (κ1) is 14.1. The molecule has 1 saturated heterocycles. The number of aromatic amines is 1. The molecule has 8 heteroatoms. The summed E-state index contributed by atoms with van der Waals surface area (Å²) in [6.07, 6.45) is 1.04. The van der Waals surface area contributed by atoms with E-state index in [-0.39, 0.29) is 18.0 Å². The molecular formula is C14H15N5O3. The predicted molar refractivity (Wildman–Crippen MR) is 77.1 cm³/mol. The Balaban J connectivity index is 1.62. The van der Waals surface area contributed by atoms with Crippen LogP contribution in [0.15, 0.2) is 30.6 Å². The Morgan fingerprint density at radius 3 is 2.91 bits per heavy atom. The van der Waals surface area contributed by atoms with Crippen LogP contribution in [-0.2, 0) is 4.74 Å². The number of carbonyl (C=O) groups is 2. The number of hydrogen-bond acceptors (Lipinski definition) is 5. The summed E-state index contributed by atoms with van der Waals surface area (Å²) < 4.78 is 4.61. The number of rotatable bonds is 3. The lowest BCUT2D eigenvalue weighted by Gasteiger charge is -2.38. The largest absolute Gasteiger partial charge is 0.453 e. The van der Waals surface area contributed by atoms with E-state index in [2.05, 4.69) is 25.2 Å². The Labute approximate surface area is 126 Å². The van der Waals surface area contributed by atoms with Crippen molar-refractivity contribution in [1.29, 1.82) is 0 Å². The number of likely N-dealkylation sites (tertiary alicyclic amines) is 1. The molecule has 114 valence electrons. The number of ether oxygens (including phenoxy) is 1. The first-order valence-electron chi connectivity index (χ1n) is 6.77. The van der Waals surface area contributed by atoms with Gasteiger partial charge in [0.1, 0.15) is 6.33 Å². The summed E-state index contributed by atoms with van der Waals surface area (Å²) in [6.45, 7) is 0.917. The third-order valence-electron chi connectivity index (χ3n) is 3.46. The highest BCUT2D eigenvalue weighted by Gasteiger charge is 2.32. The Hall–Kier alpha value is -2.90. The molecule has 1 fully saturated rings. The number of nitrogens with zero attached hydrogens (tertiary/aromatic N) is 3. The Morgan fingerprint density at radius 1 is 1.41 bits per heavy atom. The number of H-pyrrole nitrogens is 1. The minimum atomic E-state index is -0.377. The lowest BCUT2D eigenvalue weighted by atomic mass is 10.1. The van der Waals surface area contributed by atoms with Gasteiger partial charge < -0.3 is 15.0 Å². The van der Waals surface area contributed by atoms with Gasteiger partial charge in [0.25, 0.3) is 5.91 Å². The van der Waals surface area contributed by atoms with Crippen molar-refractivity contribution in [3.05, 3.63) is 36.2 Å². The number of methoxy groups -OCH3 is 1. The molecule has 2 N–H and O–H groups in total. The van der Waals surface area contributed by atoms with Crippen LogP contribution in [0, 0.1) is 0 Å². The van der Waals surface area contributed by atoms with Gasteiger partial charge in [-0.15, -0.1) is 0 Å². The van der Waals surface area contributed by atoms with Crippen molar-refractivity contribution in [2.24, 2.45) is 0 Å². The number of aromatic nitrogens is 3. The van der Waals surface area contributed by atoms with Crippen LogP contribution >= 0.6 is 0 Å². The average Bonchev–Trinajstić information content (AvgIpc) is 3.04. The maximum Gasteiger partial charge on any atom is 0.409 e. The molecule has 0 bridgehead atoms. The van der Waals surface area contributed by atoms with Gasteiger partial charge in [0.15, 0.2) is 5.82 Å². The second kappa shape index (κ2) is 5.84. The van der Waals surface area contributed by atoms with Gasteiger partial charge in [-0.3, -0.25) is 9.89 Å². The van der Waals surface area contributed by atoms with Crippen molar-refractivity contribution in [3.8, 4) is 11.4 Å². The molecule has 1 aromatic carbocycles. The second-order valence-corrected chi connectivity index (χ2v) is 4.96. The molecule has 2 aromatic rings. The van der Waals surface area contributed by atoms with E-state index in [1.54, 1.807) is 18.2 Å². The summed E-state index contributed by atoms with van der Waals surface area (Å²) in [7, 11) is 1.34. The normalized spacial score (nSPS) is 14.3. The van der Waals surface area contributed by atoms with Crippen LogP contribution in [0.5, 0.6) is 0 Å². The highest BCUT2D eigenvalue weighted by molar-refractivity contribution is 5.95. The van der Waals surface area contributed by atoms with Crippen LogP contribution in [0.25, 0.3) is 11.4 Å². The zero-order valence-electron chi connectivity index (χ0n) is 11.9. The summed E-state index contributed by atoms with van der Waals surface area (Å²) in [5, 5.41) is 9.43. The number of carbonyl (C=O) groups excluding carboxylic acids is 2. The molecule has 0 saturated carbocycles. The number of hydrogen-bond donors (Lipinski definition) is 2. The van der Waals surface area contributed by atoms with Gasteiger partial charge in [0.2, 0.25) is 0 Å². The van der Waals surface area contributed by atoms with Crippen molar-refractivity contribution in [3.63, 3.8) is 0 Å². The third-order valence-corrected chi connectivity index (χ3v) is 3.46. The fourth-order valence-corrected chi connectivity index (χ4v) is 2.27. The quantitative estimate of drug-likeness (QED) is 0.867. The minimum Gasteiger partial charge on any atom is -0.453 e. The van der Waals surface area contributed by atoms with E-state index >= 15 is 0 Å². The topological polar surface area (TPSA) is 100 Å². The molecule has 8 nitrogen and oxygen atoms in total. The van der Waals surface area contributed by atoms with E-state index in [9.17, 15) is 9.59 Å². The van der Waals surface area contributed by atoms with Crippen molar-refractivity contribution in [1.82, 2.24) is 25.4 Å². The molecule has 1 aliphatic rings. The molecule has 3 rings (SSSR count). The standard InChI is InChI=1S/C14H15N5O3/c1-22-14(21)19-6-11(7-19)17-13(20)10-4-2-3-9(5-10)12-15-8-16-18-12/h2-5,8,11H,6-7H2,1H3,(H,17,20)(H,15,16,18). The molecule has 1 aliphatic heterocycles. The summed E-state index contributed by atoms with van der Waals surface area (Å²) in [6, 6.07) is 7.05. The van der Waals surface area contributed by atoms with Crippen molar-refractivity contribution in [2.45, 2.75) is 6.04 Å². The first-order chi connectivity index (χ1) is 10.7. The number of benzene rings is 1. The van der Waals surface area contributed by atoms with Crippen LogP contribution in [0.4, 0.5) is 4.79 Å². The minimum absolute atomic E-state index is 0.0551. The van der Waals surface area contributed by atoms with Crippen LogP contribution in [0.1, 0.15) is 10.4 Å². The van der Waals surface area contributed by atoms with Crippen LogP contribution in [0.2, 0.25) is 0 Å². The van der Waals surface area contributed by atoms with Gasteiger partial charge in [-0.1, -0.05) is 12.1 Å². The van der Waals surface area contributed by atoms with Gasteiger partial charge in [-0.25, -0.2) is 9.78 Å². The van der Waals surface area contributed by atoms with Crippen LogP contribution in [0.3, 0.4) is 0 Å². The molecule has 1 aromatic heterocycles. The van der Waals surface area contributed by atoms with E-state index in [0.717, 1.165) is 5.56 Å². The van der Waals surface area contributed by atoms with Gasteiger partial charge in [0, 0.05) is 24.2 Å². The predicted octanol–water partition coefficient (Wildman–Crippen LogP) is 0.652. The summed E-state index contributed by atoms with van der Waals surface area (Å²) >= 11 is 0. The molecule has 0 radical (unpaired) electrons. The maximum absolute atomic E-state index is 12.2. The highest BCUT2D eigenvalue weighted by atomic mass is 16.5. The van der Waals surface area contributed by atoms with Gasteiger partial charge in [-0.2, -0.15) is 5.10 Å². The molecule has 0 unspecified atom stereocenters. The van der Waals surface area contributed by atoms with Crippen LogP contribution in [-0.4, -0.2) is 58.3 Å². The first-order valence-corrected chi connectivity index (χ1v) is 6.77. The molecule has 2 amide bonds. The smallest absolute Gasteiger partial charge is 0.409 e. The van der Waals surface area contributed by atoms with Crippen molar-refractivity contribution >= 4 is 12.0 Å². The summed E-state index contributed by atoms with van der Waals surface area (Å²) in [5.41, 5.74) is 1.32. The zero-order valence-corrected chi connectivity index (χ0v) is 11.9.